The largest absolute Gasteiger partial charge is 0.297 e. The van der Waals surface area contributed by atoms with Crippen LogP contribution in [0.25, 0.3) is 0 Å². The van der Waals surface area contributed by atoms with Crippen molar-refractivity contribution in [3.8, 4) is 0 Å². The molecule has 0 aliphatic carbocycles. The number of nitrogens with two attached hydrogens (primary N) is 1. The molecule has 1 radical (unpaired) electrons. The maximum absolute atomic E-state index is 8.94. The van der Waals surface area contributed by atoms with Crippen molar-refractivity contribution in [3.63, 3.8) is 0 Å². The van der Waals surface area contributed by atoms with Gasteiger partial charge in [0.2, 0.25) is 6.41 Å². The Labute approximate surface area is 40.4 Å². The van der Waals surface area contributed by atoms with E-state index in [0.717, 1.165) is 0 Å². The van der Waals surface area contributed by atoms with Gasteiger partial charge in [0, 0.05) is 17.1 Å². The number of rotatable bonds is 1. The summed E-state index contributed by atoms with van der Waals surface area (Å²) in [4.78, 5) is 8.94. The van der Waals surface area contributed by atoms with Gasteiger partial charge in [-0.05, 0) is 0 Å². The molecular weight excluding hydrogens is 120 g/mol. The van der Waals surface area contributed by atoms with Crippen LogP contribution in [-0.4, -0.2) is 6.41 Å². The second-order valence-corrected chi connectivity index (χ2v) is 0.285. The first-order chi connectivity index (χ1) is 1.91. The Balaban J connectivity index is 0. The Hall–Kier alpha value is -0.0505. The predicted octanol–water partition coefficient (Wildman–Crippen LogP) is -1.40. The summed E-state index contributed by atoms with van der Waals surface area (Å²) >= 11 is 0. The Morgan fingerprint density at radius 1 is 1.80 bits per heavy atom. The molecule has 1 amide bonds. The zero-order valence-corrected chi connectivity index (χ0v) is 3.31. The topological polar surface area (TPSA) is 55.1 Å². The van der Waals surface area contributed by atoms with Gasteiger partial charge in [0.1, 0.15) is 0 Å². The van der Waals surface area contributed by atoms with Gasteiger partial charge in [-0.15, -0.1) is 0 Å². The maximum atomic E-state index is 8.94. The maximum Gasteiger partial charge on any atom is 0.221 e. The first kappa shape index (κ1) is 8.87. The molecule has 0 aromatic heterocycles. The first-order valence-electron chi connectivity index (χ1n) is 0.813. The van der Waals surface area contributed by atoms with Crippen molar-refractivity contribution in [1.29, 1.82) is 0 Å². The number of hydrogen-bond donors (Lipinski definition) is 2. The molecular formula is CH4CuN2O. The smallest absolute Gasteiger partial charge is 0.221 e. The minimum absolute atomic E-state index is 0. The van der Waals surface area contributed by atoms with E-state index >= 15 is 0 Å². The van der Waals surface area contributed by atoms with E-state index in [1.165, 1.54) is 0 Å². The molecule has 0 bridgehead atoms. The SMILES string of the molecule is NNC=O.[Cu]. The first-order valence-corrected chi connectivity index (χ1v) is 0.813. The van der Waals surface area contributed by atoms with E-state index in [-0.39, 0.29) is 17.1 Å². The number of amides is 1. The van der Waals surface area contributed by atoms with Crippen LogP contribution in [-0.2, 0) is 21.9 Å². The van der Waals surface area contributed by atoms with E-state index in [1.807, 2.05) is 0 Å². The van der Waals surface area contributed by atoms with E-state index in [4.69, 9.17) is 4.79 Å². The third-order valence-electron chi connectivity index (χ3n) is 0.0680. The van der Waals surface area contributed by atoms with Gasteiger partial charge in [0.25, 0.3) is 0 Å². The quantitative estimate of drug-likeness (QED) is 0.148. The molecule has 3 nitrogen and oxygen atoms in total. The molecule has 0 aromatic rings. The van der Waals surface area contributed by atoms with Crippen molar-refractivity contribution >= 4 is 6.41 Å². The minimum atomic E-state index is 0. The van der Waals surface area contributed by atoms with Crippen molar-refractivity contribution in [2.45, 2.75) is 0 Å². The van der Waals surface area contributed by atoms with Crippen LogP contribution in [0.3, 0.4) is 0 Å². The monoisotopic (exact) mass is 123 g/mol. The molecule has 0 aliphatic heterocycles. The van der Waals surface area contributed by atoms with Gasteiger partial charge in [0.15, 0.2) is 0 Å². The van der Waals surface area contributed by atoms with Crippen LogP contribution >= 0.6 is 0 Å². The molecule has 0 heterocycles. The van der Waals surface area contributed by atoms with Crippen LogP contribution < -0.4 is 11.3 Å². The van der Waals surface area contributed by atoms with Gasteiger partial charge >= 0.3 is 0 Å². The fraction of sp³-hybridized carbons (Fsp3) is 0. The molecule has 0 fully saturated rings. The van der Waals surface area contributed by atoms with E-state index in [2.05, 4.69) is 5.84 Å². The van der Waals surface area contributed by atoms with Crippen molar-refractivity contribution in [1.82, 2.24) is 5.43 Å². The van der Waals surface area contributed by atoms with Crippen molar-refractivity contribution < 1.29 is 21.9 Å². The fourth-order valence-electron chi connectivity index (χ4n) is 0. The summed E-state index contributed by atoms with van der Waals surface area (Å²) in [5.41, 5.74) is 1.75. The number of hydrazine groups is 1. The number of carbonyl (C=O) groups is 1. The Kier molecular flexibility index (Phi) is 16.0. The van der Waals surface area contributed by atoms with Gasteiger partial charge in [-0.25, -0.2) is 5.84 Å². The second kappa shape index (κ2) is 9.04. The van der Waals surface area contributed by atoms with Crippen molar-refractivity contribution in [2.24, 2.45) is 5.84 Å². The minimum Gasteiger partial charge on any atom is -0.297 e. The van der Waals surface area contributed by atoms with Gasteiger partial charge in [-0.1, -0.05) is 0 Å². The summed E-state index contributed by atoms with van der Waals surface area (Å²) < 4.78 is 0. The summed E-state index contributed by atoms with van der Waals surface area (Å²) in [6.45, 7) is 0. The summed E-state index contributed by atoms with van der Waals surface area (Å²) in [6.07, 6.45) is 0.403. The standard InChI is InChI=1S/CH4N2O.Cu/c2-3-1-4;/h1H,2H2,(H,3,4);. The molecule has 0 saturated carbocycles. The third kappa shape index (κ3) is 16.6. The molecule has 3 N–H and O–H groups in total. The molecule has 0 atom stereocenters. The Bertz CT molecular complexity index is 23.6. The fourth-order valence-corrected chi connectivity index (χ4v) is 0. The Morgan fingerprint density at radius 2 is 2.00 bits per heavy atom. The molecule has 35 valence electrons. The normalized spacial score (nSPS) is 4.20. The molecule has 4 heteroatoms. The van der Waals surface area contributed by atoms with Crippen LogP contribution in [0.1, 0.15) is 0 Å². The number of nitrogens with one attached hydrogen (secondary N) is 1. The van der Waals surface area contributed by atoms with E-state index in [9.17, 15) is 0 Å². The molecule has 0 aliphatic rings. The zero-order chi connectivity index (χ0) is 3.41. The van der Waals surface area contributed by atoms with Gasteiger partial charge in [0.05, 0.1) is 0 Å². The summed E-state index contributed by atoms with van der Waals surface area (Å²) in [5, 5.41) is 0. The average Bonchev–Trinajstić information content (AvgIpc) is 1.37. The average molecular weight is 124 g/mol. The molecule has 0 aromatic carbocycles. The van der Waals surface area contributed by atoms with Gasteiger partial charge in [-0.2, -0.15) is 0 Å². The second-order valence-electron chi connectivity index (χ2n) is 0.285. The van der Waals surface area contributed by atoms with Crippen LogP contribution in [0.15, 0.2) is 0 Å². The summed E-state index contributed by atoms with van der Waals surface area (Å²) in [7, 11) is 0. The zero-order valence-electron chi connectivity index (χ0n) is 2.36. The van der Waals surface area contributed by atoms with Crippen molar-refractivity contribution in [2.75, 3.05) is 0 Å². The molecule has 5 heavy (non-hydrogen) atoms. The predicted molar refractivity (Wildman–Crippen MR) is 13.4 cm³/mol. The van der Waals surface area contributed by atoms with Gasteiger partial charge < -0.3 is 0 Å². The third-order valence-corrected chi connectivity index (χ3v) is 0.0680. The van der Waals surface area contributed by atoms with E-state index < -0.39 is 0 Å². The Morgan fingerprint density at radius 3 is 2.00 bits per heavy atom. The number of hydrogen-bond acceptors (Lipinski definition) is 2. The molecule has 0 saturated heterocycles. The van der Waals surface area contributed by atoms with Crippen LogP contribution in [0.2, 0.25) is 0 Å². The summed E-state index contributed by atoms with van der Waals surface area (Å²) in [5.74, 6) is 4.41. The van der Waals surface area contributed by atoms with Crippen LogP contribution in [0.5, 0.6) is 0 Å². The molecule has 0 spiro atoms. The van der Waals surface area contributed by atoms with Crippen LogP contribution in [0, 0.1) is 0 Å². The molecule has 0 unspecified atom stereocenters. The molecule has 0 rings (SSSR count). The van der Waals surface area contributed by atoms with E-state index in [1.54, 1.807) is 5.43 Å². The van der Waals surface area contributed by atoms with Gasteiger partial charge in [-0.3, -0.25) is 10.2 Å². The summed E-state index contributed by atoms with van der Waals surface area (Å²) in [6, 6.07) is 0. The van der Waals surface area contributed by atoms with Crippen molar-refractivity contribution in [3.05, 3.63) is 0 Å². The van der Waals surface area contributed by atoms with Crippen LogP contribution in [0.4, 0.5) is 0 Å². The van der Waals surface area contributed by atoms with E-state index in [0.29, 0.717) is 6.41 Å². The number of carbonyl (C=O) groups excluding carboxylic acids is 1.